The summed E-state index contributed by atoms with van der Waals surface area (Å²) < 4.78 is 14.9. The number of carbonyl (C=O) groups excluding carboxylic acids is 2. The molecule has 0 rings (SSSR count). The van der Waals surface area contributed by atoms with E-state index < -0.39 is 20.3 Å². The van der Waals surface area contributed by atoms with Gasteiger partial charge >= 0.3 is 11.9 Å². The SMILES string of the molecule is C=C.C=C(C)C(=O)OCCOC(=O)C(=C)C.C[SiH2]O[Si](C)(C)C. The van der Waals surface area contributed by atoms with Crippen molar-refractivity contribution < 1.29 is 23.2 Å². The molecule has 7 heteroatoms. The summed E-state index contributed by atoms with van der Waals surface area (Å²) in [5.41, 5.74) is 0.632. The summed E-state index contributed by atoms with van der Waals surface area (Å²) in [4.78, 5) is 21.7. The van der Waals surface area contributed by atoms with Gasteiger partial charge in [-0.05, 0) is 33.5 Å². The average molecular weight is 361 g/mol. The van der Waals surface area contributed by atoms with E-state index >= 15 is 0 Å². The standard InChI is InChI=1S/C10H14O4.C4H14OSi2.C2H4/c1-7(2)9(11)13-5-6-14-10(12)8(3)4;1-6-5-7(2,3)4;1-2/h1,3,5-6H2,2,4H3;6H2,1-4H3;1-2H2. The topological polar surface area (TPSA) is 61.8 Å². The van der Waals surface area contributed by atoms with Crippen LogP contribution in [0.3, 0.4) is 0 Å². The Morgan fingerprint density at radius 1 is 0.913 bits per heavy atom. The first kappa shape index (κ1) is 26.5. The third-order valence-electron chi connectivity index (χ3n) is 1.82. The zero-order valence-corrected chi connectivity index (χ0v) is 17.9. The van der Waals surface area contributed by atoms with Crippen LogP contribution in [0.25, 0.3) is 0 Å². The van der Waals surface area contributed by atoms with Crippen LogP contribution in [-0.4, -0.2) is 43.2 Å². The second-order valence-electron chi connectivity index (χ2n) is 5.38. The van der Waals surface area contributed by atoms with Gasteiger partial charge in [0.25, 0.3) is 0 Å². The molecule has 0 aromatic rings. The molecule has 0 N–H and O–H groups in total. The Balaban J connectivity index is -0.000000373. The molecule has 134 valence electrons. The maximum atomic E-state index is 10.8. The molecule has 0 aliphatic heterocycles. The molecular weight excluding hydrogens is 328 g/mol. The second kappa shape index (κ2) is 15.4. The molecule has 0 spiro atoms. The van der Waals surface area contributed by atoms with Crippen LogP contribution in [0.5, 0.6) is 0 Å². The number of esters is 2. The maximum absolute atomic E-state index is 10.8. The lowest BCUT2D eigenvalue weighted by molar-refractivity contribution is -0.147. The number of hydrogen-bond acceptors (Lipinski definition) is 5. The molecule has 0 aromatic carbocycles. The molecule has 0 atom stereocenters. The van der Waals surface area contributed by atoms with E-state index in [9.17, 15) is 9.59 Å². The van der Waals surface area contributed by atoms with Gasteiger partial charge in [0, 0.05) is 11.1 Å². The molecular formula is C16H32O5Si2. The average Bonchev–Trinajstić information content (AvgIpc) is 2.44. The van der Waals surface area contributed by atoms with Gasteiger partial charge in [-0.3, -0.25) is 0 Å². The van der Waals surface area contributed by atoms with Gasteiger partial charge in [-0.1, -0.05) is 19.7 Å². The van der Waals surface area contributed by atoms with E-state index in [1.807, 2.05) is 0 Å². The van der Waals surface area contributed by atoms with E-state index in [1.165, 1.54) is 0 Å². The number of rotatable bonds is 7. The van der Waals surface area contributed by atoms with Crippen LogP contribution in [0, 0.1) is 0 Å². The molecule has 0 saturated carbocycles. The van der Waals surface area contributed by atoms with Gasteiger partial charge in [-0.25, -0.2) is 9.59 Å². The molecule has 5 nitrogen and oxygen atoms in total. The molecule has 0 fully saturated rings. The van der Waals surface area contributed by atoms with Crippen molar-refractivity contribution in [2.45, 2.75) is 40.0 Å². The van der Waals surface area contributed by atoms with Crippen LogP contribution in [0.4, 0.5) is 0 Å². The summed E-state index contributed by atoms with van der Waals surface area (Å²) in [5.74, 6) is -0.979. The van der Waals surface area contributed by atoms with Crippen molar-refractivity contribution >= 4 is 30.0 Å². The first-order chi connectivity index (χ1) is 10.5. The third-order valence-corrected chi connectivity index (χ3v) is 6.44. The van der Waals surface area contributed by atoms with Crippen LogP contribution in [0.1, 0.15) is 13.8 Å². The first-order valence-electron chi connectivity index (χ1n) is 7.30. The van der Waals surface area contributed by atoms with Crippen LogP contribution in [-0.2, 0) is 23.2 Å². The quantitative estimate of drug-likeness (QED) is 0.230. The highest BCUT2D eigenvalue weighted by atomic mass is 28.4. The van der Waals surface area contributed by atoms with Crippen LogP contribution < -0.4 is 0 Å². The van der Waals surface area contributed by atoms with Crippen molar-refractivity contribution in [3.8, 4) is 0 Å². The number of ether oxygens (including phenoxy) is 2. The van der Waals surface area contributed by atoms with E-state index in [0.29, 0.717) is 11.1 Å². The summed E-state index contributed by atoms with van der Waals surface area (Å²) in [6, 6.07) is 0. The van der Waals surface area contributed by atoms with Gasteiger partial charge in [-0.2, -0.15) is 0 Å². The minimum atomic E-state index is -1.10. The Hall–Kier alpha value is -1.45. The molecule has 0 aliphatic carbocycles. The number of hydrogen-bond donors (Lipinski definition) is 0. The predicted octanol–water partition coefficient (Wildman–Crippen LogP) is 3.00. The smallest absolute Gasteiger partial charge is 0.333 e. The monoisotopic (exact) mass is 360 g/mol. The molecule has 0 aromatic heterocycles. The fourth-order valence-electron chi connectivity index (χ4n) is 0.948. The van der Waals surface area contributed by atoms with Crippen molar-refractivity contribution in [1.82, 2.24) is 0 Å². The van der Waals surface area contributed by atoms with Crippen molar-refractivity contribution in [1.29, 1.82) is 0 Å². The Morgan fingerprint density at radius 3 is 1.35 bits per heavy atom. The highest BCUT2D eigenvalue weighted by molar-refractivity contribution is 6.73. The maximum Gasteiger partial charge on any atom is 0.333 e. The Labute approximate surface area is 144 Å². The molecule has 0 bridgehead atoms. The summed E-state index contributed by atoms with van der Waals surface area (Å²) in [5, 5.41) is 0. The first-order valence-corrected chi connectivity index (χ1v) is 12.7. The zero-order valence-electron chi connectivity index (χ0n) is 15.5. The van der Waals surface area contributed by atoms with Crippen LogP contribution in [0.2, 0.25) is 26.2 Å². The molecule has 0 saturated heterocycles. The van der Waals surface area contributed by atoms with E-state index in [2.05, 4.69) is 62.0 Å². The lowest BCUT2D eigenvalue weighted by atomic mass is 10.4. The fourth-order valence-corrected chi connectivity index (χ4v) is 4.41. The van der Waals surface area contributed by atoms with Crippen molar-refractivity contribution in [2.24, 2.45) is 0 Å². The van der Waals surface area contributed by atoms with Gasteiger partial charge in [0.2, 0.25) is 0 Å². The van der Waals surface area contributed by atoms with Crippen LogP contribution in [0.15, 0.2) is 37.5 Å². The van der Waals surface area contributed by atoms with Crippen LogP contribution >= 0.6 is 0 Å². The fraction of sp³-hybridized carbons (Fsp3) is 0.500. The van der Waals surface area contributed by atoms with E-state index in [4.69, 9.17) is 4.12 Å². The lowest BCUT2D eigenvalue weighted by Gasteiger charge is -2.14. The highest BCUT2D eigenvalue weighted by Gasteiger charge is 2.10. The molecule has 0 amide bonds. The third kappa shape index (κ3) is 23.0. The van der Waals surface area contributed by atoms with Gasteiger partial charge < -0.3 is 13.6 Å². The van der Waals surface area contributed by atoms with Crippen molar-refractivity contribution in [3.63, 3.8) is 0 Å². The minimum absolute atomic E-state index is 0.0325. The van der Waals surface area contributed by atoms with Gasteiger partial charge in [0.1, 0.15) is 23.0 Å². The summed E-state index contributed by atoms with van der Waals surface area (Å²) in [6.45, 7) is 24.8. The number of carbonyl (C=O) groups is 2. The predicted molar refractivity (Wildman–Crippen MR) is 102 cm³/mol. The van der Waals surface area contributed by atoms with Crippen molar-refractivity contribution in [2.75, 3.05) is 13.2 Å². The van der Waals surface area contributed by atoms with Gasteiger partial charge in [-0.15, -0.1) is 13.2 Å². The summed E-state index contributed by atoms with van der Waals surface area (Å²) in [7, 11) is -1.22. The normalized spacial score (nSPS) is 9.83. The highest BCUT2D eigenvalue weighted by Crippen LogP contribution is 1.99. The Kier molecular flexibility index (Phi) is 17.8. The molecule has 0 heterocycles. The summed E-state index contributed by atoms with van der Waals surface area (Å²) in [6.07, 6.45) is 0. The molecule has 0 radical (unpaired) electrons. The minimum Gasteiger partial charge on any atom is -0.461 e. The lowest BCUT2D eigenvalue weighted by Crippen LogP contribution is -2.26. The largest absolute Gasteiger partial charge is 0.461 e. The van der Waals surface area contributed by atoms with E-state index in [1.54, 1.807) is 13.8 Å². The zero-order chi connectivity index (χ0) is 19.1. The summed E-state index contributed by atoms with van der Waals surface area (Å²) >= 11 is 0. The molecule has 0 unspecified atom stereocenters. The van der Waals surface area contributed by atoms with Crippen molar-refractivity contribution in [3.05, 3.63) is 37.5 Å². The molecule has 23 heavy (non-hydrogen) atoms. The van der Waals surface area contributed by atoms with Gasteiger partial charge in [0.05, 0.1) is 0 Å². The second-order valence-corrected chi connectivity index (χ2v) is 11.3. The Morgan fingerprint density at radius 2 is 1.22 bits per heavy atom. The molecule has 0 aliphatic rings. The van der Waals surface area contributed by atoms with E-state index in [-0.39, 0.29) is 23.0 Å². The Bertz CT molecular complexity index is 358. The van der Waals surface area contributed by atoms with E-state index in [0.717, 1.165) is 0 Å². The van der Waals surface area contributed by atoms with Gasteiger partial charge in [0.15, 0.2) is 8.32 Å².